The number of amides is 2. The van der Waals surface area contributed by atoms with Gasteiger partial charge in [0.2, 0.25) is 0 Å². The summed E-state index contributed by atoms with van der Waals surface area (Å²) in [5.74, 6) is 0. The van der Waals surface area contributed by atoms with Crippen LogP contribution in [0.1, 0.15) is 25.0 Å². The average molecular weight is 230 g/mol. The monoisotopic (exact) mass is 230 g/mol. The molecule has 0 aromatic heterocycles. The van der Waals surface area contributed by atoms with Gasteiger partial charge in [0, 0.05) is 19.3 Å². The Morgan fingerprint density at radius 1 is 1.29 bits per heavy atom. The van der Waals surface area contributed by atoms with Crippen LogP contribution in [0.3, 0.4) is 0 Å². The van der Waals surface area contributed by atoms with E-state index in [0.717, 1.165) is 18.5 Å². The first-order valence-corrected chi connectivity index (χ1v) is 5.92. The second-order valence-corrected chi connectivity index (χ2v) is 4.61. The summed E-state index contributed by atoms with van der Waals surface area (Å²) in [5.41, 5.74) is 3.71. The second kappa shape index (κ2) is 5.04. The van der Waals surface area contributed by atoms with Gasteiger partial charge in [-0.2, -0.15) is 0 Å². The molecule has 0 unspecified atom stereocenters. The smallest absolute Gasteiger partial charge is 0.320 e. The molecule has 1 aromatic carbocycles. The van der Waals surface area contributed by atoms with Crippen LogP contribution in [0, 0.1) is 0 Å². The van der Waals surface area contributed by atoms with E-state index in [2.05, 4.69) is 23.5 Å². The molecule has 3 nitrogen and oxygen atoms in total. The van der Waals surface area contributed by atoms with Crippen molar-refractivity contribution in [1.82, 2.24) is 10.2 Å². The number of nitrogens with zero attached hydrogens (tertiary/aromatic N) is 1. The standard InChI is InChI=1S/C14H18N2O/c1-11(2)9-15-14(17)16-8-7-12-5-3-4-6-13(12)10-16/h3-6,9H,7-8,10H2,1-2H3,(H,15,17). The molecule has 1 aliphatic heterocycles. The van der Waals surface area contributed by atoms with Crippen LogP contribution in [0.2, 0.25) is 0 Å². The summed E-state index contributed by atoms with van der Waals surface area (Å²) in [5, 5.41) is 2.81. The number of benzene rings is 1. The first kappa shape index (κ1) is 11.7. The molecule has 0 saturated heterocycles. The van der Waals surface area contributed by atoms with Gasteiger partial charge in [0.25, 0.3) is 0 Å². The molecule has 0 saturated carbocycles. The Hall–Kier alpha value is -1.77. The Morgan fingerprint density at radius 2 is 2.00 bits per heavy atom. The van der Waals surface area contributed by atoms with Crippen molar-refractivity contribution >= 4 is 6.03 Å². The maximum Gasteiger partial charge on any atom is 0.321 e. The number of nitrogens with one attached hydrogen (secondary N) is 1. The molecule has 3 heteroatoms. The lowest BCUT2D eigenvalue weighted by molar-refractivity contribution is 0.196. The Balaban J connectivity index is 2.02. The van der Waals surface area contributed by atoms with Gasteiger partial charge in [-0.1, -0.05) is 29.8 Å². The molecule has 0 bridgehead atoms. The molecule has 0 spiro atoms. The fourth-order valence-electron chi connectivity index (χ4n) is 1.97. The molecule has 0 fully saturated rings. The molecule has 0 radical (unpaired) electrons. The van der Waals surface area contributed by atoms with Gasteiger partial charge < -0.3 is 10.2 Å². The maximum atomic E-state index is 11.9. The van der Waals surface area contributed by atoms with Gasteiger partial charge in [-0.15, -0.1) is 0 Å². The average Bonchev–Trinajstić information content (AvgIpc) is 2.35. The molecule has 1 aromatic rings. The highest BCUT2D eigenvalue weighted by Crippen LogP contribution is 2.18. The van der Waals surface area contributed by atoms with Crippen molar-refractivity contribution < 1.29 is 4.79 Å². The Labute approximate surface area is 102 Å². The van der Waals surface area contributed by atoms with E-state index in [4.69, 9.17) is 0 Å². The van der Waals surface area contributed by atoms with E-state index in [-0.39, 0.29) is 6.03 Å². The van der Waals surface area contributed by atoms with Crippen LogP contribution in [0.5, 0.6) is 0 Å². The van der Waals surface area contributed by atoms with E-state index in [1.807, 2.05) is 24.8 Å². The van der Waals surface area contributed by atoms with Gasteiger partial charge >= 0.3 is 6.03 Å². The normalized spacial score (nSPS) is 13.9. The van der Waals surface area contributed by atoms with Crippen molar-refractivity contribution in [3.05, 3.63) is 47.2 Å². The summed E-state index contributed by atoms with van der Waals surface area (Å²) < 4.78 is 0. The van der Waals surface area contributed by atoms with Crippen molar-refractivity contribution in [2.75, 3.05) is 6.54 Å². The molecule has 2 amide bonds. The van der Waals surface area contributed by atoms with Crippen LogP contribution in [0.4, 0.5) is 4.79 Å². The summed E-state index contributed by atoms with van der Waals surface area (Å²) in [6, 6.07) is 8.30. The minimum absolute atomic E-state index is 0.0132. The zero-order chi connectivity index (χ0) is 12.3. The Kier molecular flexibility index (Phi) is 3.47. The number of allylic oxidation sites excluding steroid dienone is 1. The van der Waals surface area contributed by atoms with Crippen molar-refractivity contribution in [3.8, 4) is 0 Å². The molecule has 2 rings (SSSR count). The van der Waals surface area contributed by atoms with Gasteiger partial charge in [0.15, 0.2) is 0 Å². The van der Waals surface area contributed by atoms with Crippen LogP contribution in [-0.2, 0) is 13.0 Å². The zero-order valence-corrected chi connectivity index (χ0v) is 10.4. The van der Waals surface area contributed by atoms with Crippen LogP contribution in [-0.4, -0.2) is 17.5 Å². The molecule has 1 heterocycles. The Morgan fingerprint density at radius 3 is 2.71 bits per heavy atom. The maximum absolute atomic E-state index is 11.9. The summed E-state index contributed by atoms with van der Waals surface area (Å²) >= 11 is 0. The van der Waals surface area contributed by atoms with Crippen molar-refractivity contribution in [2.45, 2.75) is 26.8 Å². The number of hydrogen-bond donors (Lipinski definition) is 1. The van der Waals surface area contributed by atoms with Gasteiger partial charge in [-0.3, -0.25) is 0 Å². The third-order valence-corrected chi connectivity index (χ3v) is 2.90. The van der Waals surface area contributed by atoms with E-state index < -0.39 is 0 Å². The van der Waals surface area contributed by atoms with Crippen LogP contribution < -0.4 is 5.32 Å². The molecule has 0 aliphatic carbocycles. The molecular weight excluding hydrogens is 212 g/mol. The van der Waals surface area contributed by atoms with Crippen LogP contribution in [0.25, 0.3) is 0 Å². The predicted molar refractivity (Wildman–Crippen MR) is 68.5 cm³/mol. The van der Waals surface area contributed by atoms with Crippen LogP contribution in [0.15, 0.2) is 36.0 Å². The van der Waals surface area contributed by atoms with Gasteiger partial charge in [-0.05, 0) is 31.4 Å². The largest absolute Gasteiger partial charge is 0.321 e. The fraction of sp³-hybridized carbons (Fsp3) is 0.357. The second-order valence-electron chi connectivity index (χ2n) is 4.61. The molecular formula is C14H18N2O. The number of rotatable bonds is 1. The first-order valence-electron chi connectivity index (χ1n) is 5.92. The summed E-state index contributed by atoms with van der Waals surface area (Å²) in [7, 11) is 0. The lowest BCUT2D eigenvalue weighted by atomic mass is 10.0. The molecule has 90 valence electrons. The quantitative estimate of drug-likeness (QED) is 0.790. The number of carbonyl (C=O) groups excluding carboxylic acids is 1. The van der Waals surface area contributed by atoms with E-state index in [0.29, 0.717) is 6.54 Å². The third-order valence-electron chi connectivity index (χ3n) is 2.90. The SMILES string of the molecule is CC(C)=CNC(=O)N1CCc2ccccc2C1. The minimum atomic E-state index is -0.0132. The predicted octanol–water partition coefficient (Wildman–Crippen LogP) is 2.68. The lowest BCUT2D eigenvalue weighted by Crippen LogP contribution is -2.40. The highest BCUT2D eigenvalue weighted by Gasteiger charge is 2.19. The van der Waals surface area contributed by atoms with Crippen LogP contribution >= 0.6 is 0 Å². The topological polar surface area (TPSA) is 32.3 Å². The number of fused-ring (bicyclic) bond motifs is 1. The highest BCUT2D eigenvalue weighted by atomic mass is 16.2. The number of hydrogen-bond acceptors (Lipinski definition) is 1. The van der Waals surface area contributed by atoms with Crippen molar-refractivity contribution in [3.63, 3.8) is 0 Å². The number of carbonyl (C=O) groups is 1. The minimum Gasteiger partial charge on any atom is -0.320 e. The highest BCUT2D eigenvalue weighted by molar-refractivity contribution is 5.75. The van der Waals surface area contributed by atoms with Gasteiger partial charge in [0.05, 0.1) is 0 Å². The lowest BCUT2D eigenvalue weighted by Gasteiger charge is -2.28. The zero-order valence-electron chi connectivity index (χ0n) is 10.4. The van der Waals surface area contributed by atoms with E-state index in [1.54, 1.807) is 6.20 Å². The summed E-state index contributed by atoms with van der Waals surface area (Å²) in [6.07, 6.45) is 2.70. The molecule has 17 heavy (non-hydrogen) atoms. The third kappa shape index (κ3) is 2.87. The molecule has 1 aliphatic rings. The Bertz CT molecular complexity index is 447. The number of urea groups is 1. The summed E-state index contributed by atoms with van der Waals surface area (Å²) in [6.45, 7) is 5.43. The van der Waals surface area contributed by atoms with E-state index in [1.165, 1.54) is 11.1 Å². The summed E-state index contributed by atoms with van der Waals surface area (Å²) in [4.78, 5) is 13.7. The van der Waals surface area contributed by atoms with Crippen molar-refractivity contribution in [2.24, 2.45) is 0 Å². The van der Waals surface area contributed by atoms with E-state index >= 15 is 0 Å². The molecule has 1 N–H and O–H groups in total. The van der Waals surface area contributed by atoms with Gasteiger partial charge in [-0.25, -0.2) is 4.79 Å². The van der Waals surface area contributed by atoms with Gasteiger partial charge in [0.1, 0.15) is 0 Å². The molecule has 0 atom stereocenters. The first-order chi connectivity index (χ1) is 8.16. The van der Waals surface area contributed by atoms with E-state index in [9.17, 15) is 4.79 Å². The fourth-order valence-corrected chi connectivity index (χ4v) is 1.97. The van der Waals surface area contributed by atoms with Crippen molar-refractivity contribution in [1.29, 1.82) is 0 Å².